The zero-order chi connectivity index (χ0) is 14.4. The van der Waals surface area contributed by atoms with Crippen molar-refractivity contribution in [1.29, 1.82) is 0 Å². The number of ether oxygens (including phenoxy) is 2. The van der Waals surface area contributed by atoms with Crippen LogP contribution in [0.1, 0.15) is 31.4 Å². The van der Waals surface area contributed by atoms with Crippen molar-refractivity contribution in [3.05, 3.63) is 29.8 Å². The minimum absolute atomic E-state index is 0.326. The predicted molar refractivity (Wildman–Crippen MR) is 79.0 cm³/mol. The van der Waals surface area contributed by atoms with E-state index < -0.39 is 6.10 Å². The summed E-state index contributed by atoms with van der Waals surface area (Å²) in [6.07, 6.45) is 2.12. The maximum Gasteiger partial charge on any atom is 0.119 e. The Balaban J connectivity index is 1.91. The van der Waals surface area contributed by atoms with Crippen molar-refractivity contribution in [1.82, 2.24) is 4.90 Å². The maximum absolute atomic E-state index is 10.4. The smallest absolute Gasteiger partial charge is 0.119 e. The molecule has 2 atom stereocenters. The predicted octanol–water partition coefficient (Wildman–Crippen LogP) is 2.23. The molecular weight excluding hydrogens is 254 g/mol. The lowest BCUT2D eigenvalue weighted by Gasteiger charge is -2.26. The third-order valence-electron chi connectivity index (χ3n) is 3.84. The van der Waals surface area contributed by atoms with Gasteiger partial charge in [-0.1, -0.05) is 19.1 Å². The Morgan fingerprint density at radius 1 is 1.50 bits per heavy atom. The van der Waals surface area contributed by atoms with Crippen LogP contribution in [0.3, 0.4) is 0 Å². The van der Waals surface area contributed by atoms with E-state index in [4.69, 9.17) is 9.47 Å². The topological polar surface area (TPSA) is 41.9 Å². The molecule has 112 valence electrons. The van der Waals surface area contributed by atoms with Crippen molar-refractivity contribution in [3.8, 4) is 5.75 Å². The van der Waals surface area contributed by atoms with E-state index in [0.29, 0.717) is 12.6 Å². The van der Waals surface area contributed by atoms with Crippen LogP contribution in [-0.4, -0.2) is 49.5 Å². The molecule has 1 aliphatic heterocycles. The largest absolute Gasteiger partial charge is 0.497 e. The number of hydrogen-bond donors (Lipinski definition) is 1. The first kappa shape index (κ1) is 15.3. The zero-order valence-corrected chi connectivity index (χ0v) is 12.4. The fraction of sp³-hybridized carbons (Fsp3) is 0.625. The minimum atomic E-state index is -0.494. The number of rotatable bonds is 7. The molecular formula is C16H25NO3. The number of methoxy groups -OCH3 is 1. The molecule has 0 spiro atoms. The molecule has 0 amide bonds. The second-order valence-electron chi connectivity index (χ2n) is 5.28. The van der Waals surface area contributed by atoms with E-state index in [2.05, 4.69) is 11.8 Å². The third kappa shape index (κ3) is 4.20. The molecule has 1 aromatic carbocycles. The first-order valence-electron chi connectivity index (χ1n) is 7.39. The molecule has 2 unspecified atom stereocenters. The van der Waals surface area contributed by atoms with Crippen LogP contribution in [0.2, 0.25) is 0 Å². The standard InChI is InChI=1S/C16H25NO3/c1-3-17(11-15-8-5-9-20-15)12-16(18)13-6-4-7-14(10-13)19-2/h4,6-7,10,15-16,18H,3,5,8-9,11-12H2,1-2H3. The lowest BCUT2D eigenvalue weighted by molar-refractivity contribution is 0.0515. The Labute approximate surface area is 121 Å². The van der Waals surface area contributed by atoms with Crippen LogP contribution in [0.4, 0.5) is 0 Å². The van der Waals surface area contributed by atoms with Gasteiger partial charge >= 0.3 is 0 Å². The van der Waals surface area contributed by atoms with Crippen molar-refractivity contribution >= 4 is 0 Å². The number of hydrogen-bond acceptors (Lipinski definition) is 4. The van der Waals surface area contributed by atoms with Gasteiger partial charge in [-0.05, 0) is 37.1 Å². The second kappa shape index (κ2) is 7.62. The Morgan fingerprint density at radius 2 is 2.35 bits per heavy atom. The summed E-state index contributed by atoms with van der Waals surface area (Å²) < 4.78 is 10.9. The Kier molecular flexibility index (Phi) is 5.83. The Bertz CT molecular complexity index is 404. The SMILES string of the molecule is CCN(CC1CCCO1)CC(O)c1cccc(OC)c1. The van der Waals surface area contributed by atoms with Gasteiger partial charge < -0.3 is 14.6 Å². The van der Waals surface area contributed by atoms with Gasteiger partial charge in [0.15, 0.2) is 0 Å². The van der Waals surface area contributed by atoms with Crippen molar-refractivity contribution < 1.29 is 14.6 Å². The van der Waals surface area contributed by atoms with E-state index in [1.165, 1.54) is 0 Å². The van der Waals surface area contributed by atoms with Crippen molar-refractivity contribution in [3.63, 3.8) is 0 Å². The van der Waals surface area contributed by atoms with Gasteiger partial charge in [-0.25, -0.2) is 0 Å². The van der Waals surface area contributed by atoms with Crippen molar-refractivity contribution in [2.45, 2.75) is 32.0 Å². The van der Waals surface area contributed by atoms with E-state index in [9.17, 15) is 5.11 Å². The quantitative estimate of drug-likeness (QED) is 0.831. The molecule has 4 nitrogen and oxygen atoms in total. The van der Waals surface area contributed by atoms with E-state index >= 15 is 0 Å². The fourth-order valence-electron chi connectivity index (χ4n) is 2.61. The van der Waals surface area contributed by atoms with E-state index in [-0.39, 0.29) is 0 Å². The number of benzene rings is 1. The van der Waals surface area contributed by atoms with Crippen molar-refractivity contribution in [2.24, 2.45) is 0 Å². The van der Waals surface area contributed by atoms with Crippen LogP contribution in [0, 0.1) is 0 Å². The van der Waals surface area contributed by atoms with E-state index in [0.717, 1.165) is 43.9 Å². The van der Waals surface area contributed by atoms with E-state index in [1.807, 2.05) is 24.3 Å². The molecule has 1 fully saturated rings. The fourth-order valence-corrected chi connectivity index (χ4v) is 2.61. The number of nitrogens with zero attached hydrogens (tertiary/aromatic N) is 1. The molecule has 1 heterocycles. The monoisotopic (exact) mass is 279 g/mol. The number of likely N-dealkylation sites (N-methyl/N-ethyl adjacent to an activating group) is 1. The molecule has 0 bridgehead atoms. The Hall–Kier alpha value is -1.10. The highest BCUT2D eigenvalue weighted by Gasteiger charge is 2.20. The van der Waals surface area contributed by atoms with Crippen LogP contribution in [0.15, 0.2) is 24.3 Å². The van der Waals surface area contributed by atoms with Gasteiger partial charge in [0.05, 0.1) is 19.3 Å². The molecule has 0 radical (unpaired) electrons. The second-order valence-corrected chi connectivity index (χ2v) is 5.28. The molecule has 0 aromatic heterocycles. The molecule has 20 heavy (non-hydrogen) atoms. The molecule has 4 heteroatoms. The molecule has 1 saturated heterocycles. The van der Waals surface area contributed by atoms with Gasteiger partial charge in [-0.3, -0.25) is 4.90 Å². The van der Waals surface area contributed by atoms with Gasteiger partial charge in [0.1, 0.15) is 5.75 Å². The first-order chi connectivity index (χ1) is 9.72. The van der Waals surface area contributed by atoms with Crippen LogP contribution >= 0.6 is 0 Å². The van der Waals surface area contributed by atoms with Crippen LogP contribution < -0.4 is 4.74 Å². The van der Waals surface area contributed by atoms with Gasteiger partial charge in [-0.2, -0.15) is 0 Å². The molecule has 1 aliphatic rings. The van der Waals surface area contributed by atoms with E-state index in [1.54, 1.807) is 7.11 Å². The highest BCUT2D eigenvalue weighted by Crippen LogP contribution is 2.21. The summed E-state index contributed by atoms with van der Waals surface area (Å²) in [6, 6.07) is 7.63. The highest BCUT2D eigenvalue weighted by atomic mass is 16.5. The maximum atomic E-state index is 10.4. The summed E-state index contributed by atoms with van der Waals surface area (Å²) in [7, 11) is 1.64. The molecule has 1 N–H and O–H groups in total. The van der Waals surface area contributed by atoms with Gasteiger partial charge in [0.25, 0.3) is 0 Å². The van der Waals surface area contributed by atoms with Crippen LogP contribution in [0.25, 0.3) is 0 Å². The normalized spacial score (nSPS) is 20.3. The molecule has 2 rings (SSSR count). The average Bonchev–Trinajstić information content (AvgIpc) is 2.99. The van der Waals surface area contributed by atoms with Crippen LogP contribution in [0.5, 0.6) is 5.75 Å². The first-order valence-corrected chi connectivity index (χ1v) is 7.39. The lowest BCUT2D eigenvalue weighted by atomic mass is 10.1. The minimum Gasteiger partial charge on any atom is -0.497 e. The zero-order valence-electron chi connectivity index (χ0n) is 12.4. The third-order valence-corrected chi connectivity index (χ3v) is 3.84. The average molecular weight is 279 g/mol. The van der Waals surface area contributed by atoms with Gasteiger partial charge in [0.2, 0.25) is 0 Å². The summed E-state index contributed by atoms with van der Waals surface area (Å²) in [6.45, 7) is 5.44. The van der Waals surface area contributed by atoms with Crippen molar-refractivity contribution in [2.75, 3.05) is 33.4 Å². The summed E-state index contributed by atoms with van der Waals surface area (Å²) >= 11 is 0. The number of aliphatic hydroxyl groups excluding tert-OH is 1. The van der Waals surface area contributed by atoms with Gasteiger partial charge in [-0.15, -0.1) is 0 Å². The highest BCUT2D eigenvalue weighted by molar-refractivity contribution is 5.29. The molecule has 0 aliphatic carbocycles. The Morgan fingerprint density at radius 3 is 3.00 bits per heavy atom. The number of aliphatic hydroxyl groups is 1. The summed E-state index contributed by atoms with van der Waals surface area (Å²) in [5, 5.41) is 10.4. The summed E-state index contributed by atoms with van der Waals surface area (Å²) in [5.41, 5.74) is 0.898. The summed E-state index contributed by atoms with van der Waals surface area (Å²) in [4.78, 5) is 2.25. The lowest BCUT2D eigenvalue weighted by Crippen LogP contribution is -2.35. The van der Waals surface area contributed by atoms with Crippen LogP contribution in [-0.2, 0) is 4.74 Å². The molecule has 0 saturated carbocycles. The molecule has 1 aromatic rings. The summed E-state index contributed by atoms with van der Waals surface area (Å²) in [5.74, 6) is 0.781. The van der Waals surface area contributed by atoms with Gasteiger partial charge in [0, 0.05) is 19.7 Å².